The van der Waals surface area contributed by atoms with E-state index < -0.39 is 0 Å². The van der Waals surface area contributed by atoms with Crippen LogP contribution in [0.25, 0.3) is 89.2 Å². The molecule has 3 heterocycles. The quantitative estimate of drug-likeness (QED) is 0.177. The molecular formula is C48H32N4. The summed E-state index contributed by atoms with van der Waals surface area (Å²) in [6.07, 6.45) is 0. The highest BCUT2D eigenvalue weighted by Crippen LogP contribution is 2.37. The van der Waals surface area contributed by atoms with Gasteiger partial charge in [0.15, 0.2) is 5.82 Å². The molecule has 4 heteroatoms. The fourth-order valence-electron chi connectivity index (χ4n) is 7.52. The number of hydrogen-bond donors (Lipinski definition) is 0. The summed E-state index contributed by atoms with van der Waals surface area (Å²) >= 11 is 0. The van der Waals surface area contributed by atoms with Gasteiger partial charge in [-0.25, -0.2) is 9.97 Å². The number of aromatic nitrogens is 4. The second-order valence-electron chi connectivity index (χ2n) is 13.1. The van der Waals surface area contributed by atoms with Gasteiger partial charge in [0.1, 0.15) is 0 Å². The third-order valence-electron chi connectivity index (χ3n) is 9.92. The van der Waals surface area contributed by atoms with Crippen LogP contribution in [0.4, 0.5) is 0 Å². The molecule has 0 atom stereocenters. The Kier molecular flexibility index (Phi) is 7.10. The zero-order valence-electron chi connectivity index (χ0n) is 28.3. The molecule has 4 nitrogen and oxygen atoms in total. The van der Waals surface area contributed by atoms with Crippen molar-refractivity contribution >= 4 is 32.7 Å². The van der Waals surface area contributed by atoms with E-state index in [0.717, 1.165) is 56.2 Å². The molecule has 0 aliphatic rings. The smallest absolute Gasteiger partial charge is 0.160 e. The van der Waals surface area contributed by atoms with Gasteiger partial charge in [-0.3, -0.25) is 0 Å². The molecule has 0 amide bonds. The van der Waals surface area contributed by atoms with Crippen molar-refractivity contribution < 1.29 is 0 Å². The van der Waals surface area contributed by atoms with Gasteiger partial charge < -0.3 is 9.13 Å². The van der Waals surface area contributed by atoms with E-state index in [4.69, 9.17) is 9.97 Å². The first-order chi connectivity index (χ1) is 25.8. The summed E-state index contributed by atoms with van der Waals surface area (Å²) in [4.78, 5) is 10.3. The van der Waals surface area contributed by atoms with Crippen LogP contribution in [0.1, 0.15) is 0 Å². The Balaban J connectivity index is 1.14. The molecule has 52 heavy (non-hydrogen) atoms. The summed E-state index contributed by atoms with van der Waals surface area (Å²) < 4.78 is 4.74. The SMILES string of the molecule is c1ccc(-c2cc(-c3ccccc3)nc(-c3cccc(-n4c(-c5cccc(-n6c7ccccc7c7ccccc76)c5)cc5ccccc54)c3)n2)cc1. The molecule has 0 aliphatic heterocycles. The molecule has 0 saturated heterocycles. The van der Waals surface area contributed by atoms with E-state index in [1.165, 1.54) is 27.2 Å². The molecule has 7 aromatic carbocycles. The summed E-state index contributed by atoms with van der Waals surface area (Å²) in [7, 11) is 0. The molecule has 0 radical (unpaired) electrons. The van der Waals surface area contributed by atoms with Crippen LogP contribution in [-0.4, -0.2) is 19.1 Å². The minimum atomic E-state index is 0.688. The van der Waals surface area contributed by atoms with Gasteiger partial charge in [0.25, 0.3) is 0 Å². The van der Waals surface area contributed by atoms with E-state index in [-0.39, 0.29) is 0 Å². The van der Waals surface area contributed by atoms with Crippen LogP contribution in [0.15, 0.2) is 194 Å². The lowest BCUT2D eigenvalue weighted by atomic mass is 10.1. The van der Waals surface area contributed by atoms with Crippen LogP contribution in [0.5, 0.6) is 0 Å². The summed E-state index contributed by atoms with van der Waals surface area (Å²) in [6.45, 7) is 0. The lowest BCUT2D eigenvalue weighted by Gasteiger charge is -2.15. The van der Waals surface area contributed by atoms with Crippen LogP contribution >= 0.6 is 0 Å². The maximum Gasteiger partial charge on any atom is 0.160 e. The zero-order chi connectivity index (χ0) is 34.4. The highest BCUT2D eigenvalue weighted by atomic mass is 15.0. The van der Waals surface area contributed by atoms with Crippen LogP contribution < -0.4 is 0 Å². The number of nitrogens with zero attached hydrogens (tertiary/aromatic N) is 4. The first-order valence-corrected chi connectivity index (χ1v) is 17.6. The second kappa shape index (κ2) is 12.4. The largest absolute Gasteiger partial charge is 0.309 e. The van der Waals surface area contributed by atoms with Crippen LogP contribution in [-0.2, 0) is 0 Å². The molecule has 0 saturated carbocycles. The highest BCUT2D eigenvalue weighted by Gasteiger charge is 2.17. The summed E-state index contributed by atoms with van der Waals surface area (Å²) in [6, 6.07) is 68.5. The van der Waals surface area contributed by atoms with Crippen molar-refractivity contribution in [1.82, 2.24) is 19.1 Å². The summed E-state index contributed by atoms with van der Waals surface area (Å²) in [5, 5.41) is 3.69. The highest BCUT2D eigenvalue weighted by molar-refractivity contribution is 6.09. The second-order valence-corrected chi connectivity index (χ2v) is 13.1. The Bertz CT molecular complexity index is 2790. The van der Waals surface area contributed by atoms with Gasteiger partial charge in [-0.15, -0.1) is 0 Å². The van der Waals surface area contributed by atoms with E-state index in [0.29, 0.717) is 5.82 Å². The fourth-order valence-corrected chi connectivity index (χ4v) is 7.52. The van der Waals surface area contributed by atoms with Gasteiger partial charge in [0.05, 0.1) is 33.6 Å². The molecular weight excluding hydrogens is 633 g/mol. The average molecular weight is 665 g/mol. The number of fused-ring (bicyclic) bond motifs is 4. The van der Waals surface area contributed by atoms with Crippen molar-refractivity contribution in [1.29, 1.82) is 0 Å². The molecule has 0 N–H and O–H groups in total. The third-order valence-corrected chi connectivity index (χ3v) is 9.92. The lowest BCUT2D eigenvalue weighted by Crippen LogP contribution is -2.00. The van der Waals surface area contributed by atoms with Gasteiger partial charge in [0, 0.05) is 49.8 Å². The maximum absolute atomic E-state index is 5.13. The first kappa shape index (κ1) is 29.8. The topological polar surface area (TPSA) is 35.6 Å². The number of hydrogen-bond acceptors (Lipinski definition) is 2. The van der Waals surface area contributed by atoms with Crippen molar-refractivity contribution in [3.05, 3.63) is 194 Å². The van der Waals surface area contributed by atoms with E-state index in [1.54, 1.807) is 0 Å². The maximum atomic E-state index is 5.13. The Hall–Kier alpha value is -7.04. The fraction of sp³-hybridized carbons (Fsp3) is 0. The number of para-hydroxylation sites is 3. The first-order valence-electron chi connectivity index (χ1n) is 17.6. The van der Waals surface area contributed by atoms with Crippen LogP contribution in [0, 0.1) is 0 Å². The van der Waals surface area contributed by atoms with Gasteiger partial charge in [-0.2, -0.15) is 0 Å². The molecule has 10 aromatic rings. The van der Waals surface area contributed by atoms with Gasteiger partial charge in [-0.05, 0) is 54.6 Å². The Morgan fingerprint density at radius 2 is 0.808 bits per heavy atom. The van der Waals surface area contributed by atoms with Gasteiger partial charge in [0.2, 0.25) is 0 Å². The van der Waals surface area contributed by atoms with Crippen molar-refractivity contribution in [2.24, 2.45) is 0 Å². The Morgan fingerprint density at radius 1 is 0.327 bits per heavy atom. The normalized spacial score (nSPS) is 11.5. The van der Waals surface area contributed by atoms with Gasteiger partial charge >= 0.3 is 0 Å². The number of rotatable bonds is 6. The molecule has 0 bridgehead atoms. The van der Waals surface area contributed by atoms with E-state index in [2.05, 4.69) is 191 Å². The predicted molar refractivity (Wildman–Crippen MR) is 215 cm³/mol. The molecule has 0 unspecified atom stereocenters. The predicted octanol–water partition coefficient (Wildman–Crippen LogP) is 12.2. The van der Waals surface area contributed by atoms with Crippen molar-refractivity contribution in [2.45, 2.75) is 0 Å². The minimum absolute atomic E-state index is 0.688. The van der Waals surface area contributed by atoms with Crippen molar-refractivity contribution in [2.75, 3.05) is 0 Å². The molecule has 10 rings (SSSR count). The van der Waals surface area contributed by atoms with Crippen molar-refractivity contribution in [3.63, 3.8) is 0 Å². The zero-order valence-corrected chi connectivity index (χ0v) is 28.3. The molecule has 0 fully saturated rings. The Morgan fingerprint density at radius 3 is 1.44 bits per heavy atom. The number of benzene rings is 7. The molecule has 244 valence electrons. The van der Waals surface area contributed by atoms with Crippen molar-refractivity contribution in [3.8, 4) is 56.5 Å². The van der Waals surface area contributed by atoms with Crippen LogP contribution in [0.3, 0.4) is 0 Å². The minimum Gasteiger partial charge on any atom is -0.309 e. The standard InChI is InChI=1S/C48H32N4/c1-3-15-33(16-4-1)42-32-43(34-17-5-2-6-18-34)50-48(49-42)37-21-14-23-39(30-37)51-44-26-10-7-19-36(44)31-47(51)35-20-13-22-38(29-35)52-45-27-11-8-24-40(45)41-25-9-12-28-46(41)52/h1-32H. The molecule has 0 spiro atoms. The third kappa shape index (κ3) is 5.09. The van der Waals surface area contributed by atoms with E-state index in [9.17, 15) is 0 Å². The molecule has 0 aliphatic carbocycles. The molecule has 3 aromatic heterocycles. The average Bonchev–Trinajstić information content (AvgIpc) is 3.78. The summed E-state index contributed by atoms with van der Waals surface area (Å²) in [5.41, 5.74) is 12.8. The lowest BCUT2D eigenvalue weighted by molar-refractivity contribution is 1.12. The Labute approximate surface area is 301 Å². The summed E-state index contributed by atoms with van der Waals surface area (Å²) in [5.74, 6) is 0.688. The monoisotopic (exact) mass is 664 g/mol. The van der Waals surface area contributed by atoms with Crippen LogP contribution in [0.2, 0.25) is 0 Å². The van der Waals surface area contributed by atoms with E-state index in [1.807, 2.05) is 12.1 Å². The van der Waals surface area contributed by atoms with Gasteiger partial charge in [-0.1, -0.05) is 140 Å². The van der Waals surface area contributed by atoms with E-state index >= 15 is 0 Å².